The van der Waals surface area contributed by atoms with Crippen LogP contribution in [-0.4, -0.2) is 28.1 Å². The molecule has 1 aliphatic rings. The Morgan fingerprint density at radius 1 is 1.50 bits per heavy atom. The zero-order valence-electron chi connectivity index (χ0n) is 10.1. The van der Waals surface area contributed by atoms with Gasteiger partial charge < -0.3 is 10.1 Å². The smallest absolute Gasteiger partial charge is 0.202 e. The van der Waals surface area contributed by atoms with Crippen LogP contribution in [0.15, 0.2) is 0 Å². The maximum atomic E-state index is 5.52. The van der Waals surface area contributed by atoms with Crippen molar-refractivity contribution < 1.29 is 4.74 Å². The number of aromatic nitrogens is 2. The number of nitrogens with zero attached hydrogens (tertiary/aromatic N) is 2. The van der Waals surface area contributed by atoms with Crippen LogP contribution >= 0.6 is 11.5 Å². The van der Waals surface area contributed by atoms with E-state index in [0.717, 1.165) is 30.4 Å². The first-order chi connectivity index (χ1) is 7.69. The minimum atomic E-state index is 0.407. The van der Waals surface area contributed by atoms with Gasteiger partial charge in [0.25, 0.3) is 0 Å². The molecule has 1 aromatic heterocycles. The molecular formula is C11H19N3OS. The lowest BCUT2D eigenvalue weighted by molar-refractivity contribution is 0.00299. The van der Waals surface area contributed by atoms with Crippen LogP contribution < -0.4 is 5.32 Å². The van der Waals surface area contributed by atoms with Crippen molar-refractivity contribution in [2.75, 3.05) is 11.9 Å². The molecule has 2 rings (SSSR count). The molecule has 0 amide bonds. The minimum Gasteiger partial charge on any atom is -0.378 e. The number of hydrogen-bond acceptors (Lipinski definition) is 5. The third-order valence-corrected chi connectivity index (χ3v) is 3.44. The van der Waals surface area contributed by atoms with E-state index in [1.54, 1.807) is 0 Å². The summed E-state index contributed by atoms with van der Waals surface area (Å²) in [5.41, 5.74) is 0. The van der Waals surface area contributed by atoms with Gasteiger partial charge in [-0.05, 0) is 19.8 Å². The van der Waals surface area contributed by atoms with E-state index in [1.807, 2.05) is 6.92 Å². The summed E-state index contributed by atoms with van der Waals surface area (Å²) >= 11 is 1.46. The average molecular weight is 241 g/mol. The van der Waals surface area contributed by atoms with Gasteiger partial charge in [-0.2, -0.15) is 4.37 Å². The summed E-state index contributed by atoms with van der Waals surface area (Å²) in [4.78, 5) is 4.46. The first-order valence-electron chi connectivity index (χ1n) is 5.90. The first-order valence-corrected chi connectivity index (χ1v) is 6.68. The Labute approximate surface area is 101 Å². The molecule has 1 N–H and O–H groups in total. The maximum Gasteiger partial charge on any atom is 0.202 e. The molecule has 0 unspecified atom stereocenters. The molecule has 90 valence electrons. The predicted molar refractivity (Wildman–Crippen MR) is 66.1 cm³/mol. The Balaban J connectivity index is 1.78. The van der Waals surface area contributed by atoms with Crippen LogP contribution in [0.4, 0.5) is 5.13 Å². The number of rotatable bonds is 5. The van der Waals surface area contributed by atoms with Crippen molar-refractivity contribution in [2.24, 2.45) is 0 Å². The van der Waals surface area contributed by atoms with E-state index in [4.69, 9.17) is 4.74 Å². The predicted octanol–water partition coefficient (Wildman–Crippen LogP) is 2.64. The van der Waals surface area contributed by atoms with Crippen molar-refractivity contribution in [1.29, 1.82) is 0 Å². The summed E-state index contributed by atoms with van der Waals surface area (Å²) in [6.07, 6.45) is 2.62. The second-order valence-electron chi connectivity index (χ2n) is 4.50. The van der Waals surface area contributed by atoms with E-state index in [2.05, 4.69) is 28.5 Å². The van der Waals surface area contributed by atoms with Crippen molar-refractivity contribution in [3.8, 4) is 0 Å². The van der Waals surface area contributed by atoms with Crippen molar-refractivity contribution in [3.05, 3.63) is 5.82 Å². The molecule has 0 spiro atoms. The molecule has 16 heavy (non-hydrogen) atoms. The second-order valence-corrected chi connectivity index (χ2v) is 5.25. The lowest BCUT2D eigenvalue weighted by atomic mass is 9.89. The zero-order chi connectivity index (χ0) is 11.5. The molecule has 0 aromatic carbocycles. The van der Waals surface area contributed by atoms with Crippen molar-refractivity contribution in [3.63, 3.8) is 0 Å². The molecule has 0 radical (unpaired) electrons. The highest BCUT2D eigenvalue weighted by atomic mass is 32.1. The topological polar surface area (TPSA) is 47.0 Å². The van der Waals surface area contributed by atoms with E-state index in [-0.39, 0.29) is 0 Å². The van der Waals surface area contributed by atoms with E-state index >= 15 is 0 Å². The van der Waals surface area contributed by atoms with Gasteiger partial charge in [0.1, 0.15) is 5.82 Å². The van der Waals surface area contributed by atoms with Crippen LogP contribution in [0.5, 0.6) is 0 Å². The van der Waals surface area contributed by atoms with E-state index in [0.29, 0.717) is 18.1 Å². The van der Waals surface area contributed by atoms with Crippen LogP contribution in [0.1, 0.15) is 45.4 Å². The highest BCUT2D eigenvalue weighted by Crippen LogP contribution is 2.28. The second kappa shape index (κ2) is 5.10. The largest absolute Gasteiger partial charge is 0.378 e. The normalized spacial score (nSPS) is 24.5. The number of anilines is 1. The number of ether oxygens (including phenoxy) is 1. The van der Waals surface area contributed by atoms with E-state index in [9.17, 15) is 0 Å². The molecule has 4 nitrogen and oxygen atoms in total. The molecular weight excluding hydrogens is 222 g/mol. The Morgan fingerprint density at radius 3 is 2.81 bits per heavy atom. The van der Waals surface area contributed by atoms with Gasteiger partial charge in [-0.15, -0.1) is 0 Å². The summed E-state index contributed by atoms with van der Waals surface area (Å²) < 4.78 is 9.84. The van der Waals surface area contributed by atoms with Crippen LogP contribution in [0, 0.1) is 0 Å². The minimum absolute atomic E-state index is 0.407. The highest BCUT2D eigenvalue weighted by Gasteiger charge is 2.30. The van der Waals surface area contributed by atoms with Crippen molar-refractivity contribution >= 4 is 16.7 Å². The Morgan fingerprint density at radius 2 is 2.25 bits per heavy atom. The SMILES string of the molecule is CCOC1CC(Nc2nc(C(C)C)ns2)C1. The third kappa shape index (κ3) is 2.71. The fourth-order valence-corrected chi connectivity index (χ4v) is 2.54. The van der Waals surface area contributed by atoms with E-state index < -0.39 is 0 Å². The average Bonchev–Trinajstić information content (AvgIpc) is 2.63. The summed E-state index contributed by atoms with van der Waals surface area (Å²) in [5.74, 6) is 1.34. The molecule has 0 saturated heterocycles. The maximum absolute atomic E-state index is 5.52. The molecule has 1 fully saturated rings. The van der Waals surface area contributed by atoms with Crippen LogP contribution in [0.3, 0.4) is 0 Å². The van der Waals surface area contributed by atoms with Crippen LogP contribution in [0.25, 0.3) is 0 Å². The van der Waals surface area contributed by atoms with Gasteiger partial charge in [0.2, 0.25) is 5.13 Å². The summed E-state index contributed by atoms with van der Waals surface area (Å²) in [7, 11) is 0. The third-order valence-electron chi connectivity index (χ3n) is 2.78. The standard InChI is InChI=1S/C11H19N3OS/c1-4-15-9-5-8(6-9)12-11-13-10(7(2)3)14-16-11/h7-9H,4-6H2,1-3H3,(H,12,13,14). The van der Waals surface area contributed by atoms with Crippen molar-refractivity contribution in [1.82, 2.24) is 9.36 Å². The Kier molecular flexibility index (Phi) is 3.76. The van der Waals surface area contributed by atoms with Crippen LogP contribution in [-0.2, 0) is 4.74 Å². The van der Waals surface area contributed by atoms with Gasteiger partial charge in [-0.1, -0.05) is 13.8 Å². The first kappa shape index (κ1) is 11.8. The molecule has 5 heteroatoms. The van der Waals surface area contributed by atoms with E-state index in [1.165, 1.54) is 11.5 Å². The van der Waals surface area contributed by atoms with Gasteiger partial charge in [0, 0.05) is 30.1 Å². The Hall–Kier alpha value is -0.680. The quantitative estimate of drug-likeness (QED) is 0.861. The van der Waals surface area contributed by atoms with Crippen molar-refractivity contribution in [2.45, 2.75) is 51.7 Å². The monoisotopic (exact) mass is 241 g/mol. The fourth-order valence-electron chi connectivity index (χ4n) is 1.76. The molecule has 0 bridgehead atoms. The molecule has 1 aromatic rings. The fraction of sp³-hybridized carbons (Fsp3) is 0.818. The van der Waals surface area contributed by atoms with Crippen LogP contribution in [0.2, 0.25) is 0 Å². The summed E-state index contributed by atoms with van der Waals surface area (Å²) in [6.45, 7) is 7.08. The molecule has 0 aliphatic heterocycles. The Bertz CT molecular complexity index is 334. The molecule has 1 saturated carbocycles. The van der Waals surface area contributed by atoms with Gasteiger partial charge in [0.05, 0.1) is 6.10 Å². The summed E-state index contributed by atoms with van der Waals surface area (Å²) in [5, 5.41) is 4.35. The summed E-state index contributed by atoms with van der Waals surface area (Å²) in [6, 6.07) is 0.518. The zero-order valence-corrected chi connectivity index (χ0v) is 10.9. The van der Waals surface area contributed by atoms with Gasteiger partial charge in [-0.3, -0.25) is 0 Å². The lowest BCUT2D eigenvalue weighted by Crippen LogP contribution is -2.40. The van der Waals surface area contributed by atoms with Gasteiger partial charge >= 0.3 is 0 Å². The highest BCUT2D eigenvalue weighted by molar-refractivity contribution is 7.09. The molecule has 1 aliphatic carbocycles. The molecule has 0 atom stereocenters. The number of nitrogens with one attached hydrogen (secondary N) is 1. The molecule has 1 heterocycles. The van der Waals surface area contributed by atoms with Gasteiger partial charge in [0.15, 0.2) is 0 Å². The number of hydrogen-bond donors (Lipinski definition) is 1. The lowest BCUT2D eigenvalue weighted by Gasteiger charge is -2.35. The van der Waals surface area contributed by atoms with Gasteiger partial charge in [-0.25, -0.2) is 4.98 Å².